The molecule has 0 radical (unpaired) electrons. The van der Waals surface area contributed by atoms with E-state index >= 15 is 0 Å². The summed E-state index contributed by atoms with van der Waals surface area (Å²) >= 11 is 0. The highest BCUT2D eigenvalue weighted by Gasteiger charge is 2.35. The van der Waals surface area contributed by atoms with Gasteiger partial charge in [-0.1, -0.05) is 6.07 Å². The first-order chi connectivity index (χ1) is 14.5. The standard InChI is InChI=1S/C18H19F5N4O3S/c19-13-2-1-3-14(20)12(13)11-27(5-4-26-6-8-31(29,30)9-7-26)17(28)15-10-16(25-24-15)18(21,22)23/h1-3,10H,4-9,11H2,(H,24,25). The van der Waals surface area contributed by atoms with Crippen LogP contribution in [-0.2, 0) is 22.6 Å². The molecule has 31 heavy (non-hydrogen) atoms. The molecule has 0 saturated carbocycles. The van der Waals surface area contributed by atoms with Gasteiger partial charge in [0.25, 0.3) is 5.91 Å². The van der Waals surface area contributed by atoms with Crippen molar-refractivity contribution in [2.45, 2.75) is 12.7 Å². The van der Waals surface area contributed by atoms with E-state index in [1.54, 1.807) is 4.90 Å². The highest BCUT2D eigenvalue weighted by Crippen LogP contribution is 2.28. The Morgan fingerprint density at radius 2 is 1.77 bits per heavy atom. The molecule has 0 unspecified atom stereocenters. The van der Waals surface area contributed by atoms with Crippen LogP contribution in [0, 0.1) is 11.6 Å². The summed E-state index contributed by atoms with van der Waals surface area (Å²) in [6.07, 6.45) is -4.77. The Morgan fingerprint density at radius 3 is 2.32 bits per heavy atom. The van der Waals surface area contributed by atoms with Crippen molar-refractivity contribution in [1.82, 2.24) is 20.0 Å². The van der Waals surface area contributed by atoms with Crippen LogP contribution in [0.25, 0.3) is 0 Å². The number of carbonyl (C=O) groups is 1. The number of nitrogens with zero attached hydrogens (tertiary/aromatic N) is 3. The van der Waals surface area contributed by atoms with Crippen molar-refractivity contribution in [1.29, 1.82) is 0 Å². The highest BCUT2D eigenvalue weighted by molar-refractivity contribution is 7.91. The van der Waals surface area contributed by atoms with E-state index in [0.717, 1.165) is 23.1 Å². The van der Waals surface area contributed by atoms with Crippen LogP contribution in [0.3, 0.4) is 0 Å². The van der Waals surface area contributed by atoms with Gasteiger partial charge < -0.3 is 4.90 Å². The topological polar surface area (TPSA) is 86.4 Å². The average Bonchev–Trinajstić information content (AvgIpc) is 3.18. The Bertz CT molecular complexity index is 1020. The van der Waals surface area contributed by atoms with Crippen molar-refractivity contribution >= 4 is 15.7 Å². The predicted molar refractivity (Wildman–Crippen MR) is 99.8 cm³/mol. The number of benzene rings is 1. The molecule has 0 aliphatic carbocycles. The molecule has 0 spiro atoms. The van der Waals surface area contributed by atoms with Gasteiger partial charge in [0.1, 0.15) is 17.3 Å². The number of hydrogen-bond acceptors (Lipinski definition) is 5. The maximum absolute atomic E-state index is 14.1. The number of nitrogens with one attached hydrogen (secondary N) is 1. The van der Waals surface area contributed by atoms with E-state index in [9.17, 15) is 35.2 Å². The van der Waals surface area contributed by atoms with Crippen molar-refractivity contribution in [3.63, 3.8) is 0 Å². The zero-order valence-corrected chi connectivity index (χ0v) is 16.9. The molecule has 1 aromatic carbocycles. The number of carbonyl (C=O) groups excluding carboxylic acids is 1. The van der Waals surface area contributed by atoms with Crippen LogP contribution in [0.5, 0.6) is 0 Å². The number of hydrogen-bond donors (Lipinski definition) is 1. The summed E-state index contributed by atoms with van der Waals surface area (Å²) < 4.78 is 89.7. The second-order valence-corrected chi connectivity index (χ2v) is 9.39. The van der Waals surface area contributed by atoms with Crippen LogP contribution in [0.2, 0.25) is 0 Å². The van der Waals surface area contributed by atoms with Crippen molar-refractivity contribution in [3.05, 3.63) is 52.9 Å². The minimum Gasteiger partial charge on any atom is -0.331 e. The third kappa shape index (κ3) is 5.79. The Kier molecular flexibility index (Phi) is 6.65. The summed E-state index contributed by atoms with van der Waals surface area (Å²) in [5.41, 5.74) is -2.19. The number of halogens is 5. The number of aromatic nitrogens is 2. The lowest BCUT2D eigenvalue weighted by Crippen LogP contribution is -2.45. The van der Waals surface area contributed by atoms with E-state index in [-0.39, 0.29) is 37.7 Å². The molecular formula is C18H19F5N4O3S. The fourth-order valence-corrected chi connectivity index (χ4v) is 4.39. The van der Waals surface area contributed by atoms with E-state index in [4.69, 9.17) is 0 Å². The minimum atomic E-state index is -4.77. The number of amides is 1. The lowest BCUT2D eigenvalue weighted by Gasteiger charge is -2.30. The summed E-state index contributed by atoms with van der Waals surface area (Å²) in [4.78, 5) is 15.6. The van der Waals surface area contributed by atoms with Crippen molar-refractivity contribution in [3.8, 4) is 0 Å². The first-order valence-corrected chi connectivity index (χ1v) is 11.1. The van der Waals surface area contributed by atoms with Crippen LogP contribution in [0.1, 0.15) is 21.7 Å². The molecule has 0 atom stereocenters. The van der Waals surface area contributed by atoms with Gasteiger partial charge >= 0.3 is 6.18 Å². The zero-order chi connectivity index (χ0) is 22.8. The summed E-state index contributed by atoms with van der Waals surface area (Å²) in [7, 11) is -3.13. The molecule has 1 aromatic heterocycles. The molecule has 7 nitrogen and oxygen atoms in total. The Morgan fingerprint density at radius 1 is 1.16 bits per heavy atom. The van der Waals surface area contributed by atoms with E-state index in [0.29, 0.717) is 6.07 Å². The summed E-state index contributed by atoms with van der Waals surface area (Å²) in [5.74, 6) is -2.84. The zero-order valence-electron chi connectivity index (χ0n) is 16.1. The molecule has 2 aromatic rings. The van der Waals surface area contributed by atoms with Gasteiger partial charge in [0, 0.05) is 37.8 Å². The Balaban J connectivity index is 1.80. The van der Waals surface area contributed by atoms with Crippen LogP contribution >= 0.6 is 0 Å². The first kappa shape index (κ1) is 23.1. The van der Waals surface area contributed by atoms with E-state index < -0.39 is 57.1 Å². The third-order valence-electron chi connectivity index (χ3n) is 4.92. The minimum absolute atomic E-state index is 0.0572. The van der Waals surface area contributed by atoms with Crippen LogP contribution in [0.4, 0.5) is 22.0 Å². The van der Waals surface area contributed by atoms with Gasteiger partial charge in [-0.2, -0.15) is 18.3 Å². The second-order valence-electron chi connectivity index (χ2n) is 7.08. The number of alkyl halides is 3. The van der Waals surface area contributed by atoms with E-state index in [1.165, 1.54) is 0 Å². The number of sulfone groups is 1. The molecule has 1 aliphatic rings. The molecular weight excluding hydrogens is 447 g/mol. The highest BCUT2D eigenvalue weighted by atomic mass is 32.2. The van der Waals surface area contributed by atoms with Crippen LogP contribution in [-0.4, -0.2) is 72.0 Å². The largest absolute Gasteiger partial charge is 0.435 e. The average molecular weight is 466 g/mol. The first-order valence-electron chi connectivity index (χ1n) is 9.24. The maximum Gasteiger partial charge on any atom is 0.435 e. The maximum atomic E-state index is 14.1. The predicted octanol–water partition coefficient (Wildman–Crippen LogP) is 2.08. The number of aromatic amines is 1. The van der Waals surface area contributed by atoms with Gasteiger partial charge in [0.05, 0.1) is 18.1 Å². The fraction of sp³-hybridized carbons (Fsp3) is 0.444. The van der Waals surface area contributed by atoms with Gasteiger partial charge in [-0.3, -0.25) is 14.8 Å². The molecule has 1 saturated heterocycles. The molecule has 1 aliphatic heterocycles. The van der Waals surface area contributed by atoms with Gasteiger partial charge in [0.15, 0.2) is 15.5 Å². The van der Waals surface area contributed by atoms with Crippen molar-refractivity contribution in [2.75, 3.05) is 37.7 Å². The van der Waals surface area contributed by atoms with Crippen molar-refractivity contribution in [2.24, 2.45) is 0 Å². The normalized spacial score (nSPS) is 16.9. The van der Waals surface area contributed by atoms with E-state index in [2.05, 4.69) is 5.10 Å². The van der Waals surface area contributed by atoms with Crippen LogP contribution < -0.4 is 0 Å². The van der Waals surface area contributed by atoms with E-state index in [1.807, 2.05) is 5.10 Å². The SMILES string of the molecule is O=C(c1cc(C(F)(F)F)n[nH]1)N(CCN1CCS(=O)(=O)CC1)Cc1c(F)cccc1F. The fourth-order valence-electron chi connectivity index (χ4n) is 3.11. The second kappa shape index (κ2) is 8.91. The van der Waals surface area contributed by atoms with Gasteiger partial charge in [-0.05, 0) is 12.1 Å². The molecule has 170 valence electrons. The third-order valence-corrected chi connectivity index (χ3v) is 6.53. The summed E-state index contributed by atoms with van der Waals surface area (Å²) in [6, 6.07) is 3.70. The lowest BCUT2D eigenvalue weighted by atomic mass is 10.1. The molecule has 3 rings (SSSR count). The molecule has 1 fully saturated rings. The van der Waals surface area contributed by atoms with Gasteiger partial charge in [0.2, 0.25) is 0 Å². The smallest absolute Gasteiger partial charge is 0.331 e. The van der Waals surface area contributed by atoms with Gasteiger partial charge in [-0.25, -0.2) is 17.2 Å². The number of H-pyrrole nitrogens is 1. The Hall–Kier alpha value is -2.54. The van der Waals surface area contributed by atoms with Crippen molar-refractivity contribution < 1.29 is 35.2 Å². The van der Waals surface area contributed by atoms with Crippen LogP contribution in [0.15, 0.2) is 24.3 Å². The van der Waals surface area contributed by atoms with Gasteiger partial charge in [-0.15, -0.1) is 0 Å². The molecule has 2 heterocycles. The quantitative estimate of drug-likeness (QED) is 0.659. The number of rotatable bonds is 6. The Labute approximate surface area is 174 Å². The molecule has 1 N–H and O–H groups in total. The lowest BCUT2D eigenvalue weighted by molar-refractivity contribution is -0.141. The summed E-state index contributed by atoms with van der Waals surface area (Å²) in [6.45, 7) is 0.00980. The molecule has 13 heteroatoms. The monoisotopic (exact) mass is 466 g/mol. The summed E-state index contributed by atoms with van der Waals surface area (Å²) in [5, 5.41) is 5.09. The molecule has 1 amide bonds. The molecule has 0 bridgehead atoms.